The first kappa shape index (κ1) is 18.2. The van der Waals surface area contributed by atoms with Gasteiger partial charge in [0.15, 0.2) is 18.1 Å². The van der Waals surface area contributed by atoms with E-state index in [2.05, 4.69) is 19.9 Å². The van der Waals surface area contributed by atoms with Gasteiger partial charge in [0.1, 0.15) is 0 Å². The van der Waals surface area contributed by atoms with Gasteiger partial charge in [-0.3, -0.25) is 9.20 Å². The van der Waals surface area contributed by atoms with Crippen LogP contribution in [0.5, 0.6) is 5.88 Å². The molecule has 0 unspecified atom stereocenters. The number of aromatic nitrogens is 4. The number of carbonyl (C=O) groups excluding carboxylic acids is 1. The highest BCUT2D eigenvalue weighted by Gasteiger charge is 2.34. The summed E-state index contributed by atoms with van der Waals surface area (Å²) in [5.41, 5.74) is 0.977. The molecule has 0 bridgehead atoms. The Morgan fingerprint density at radius 1 is 1.21 bits per heavy atom. The van der Waals surface area contributed by atoms with Crippen LogP contribution < -0.4 is 4.74 Å². The Hall–Kier alpha value is -3.17. The van der Waals surface area contributed by atoms with Crippen molar-refractivity contribution in [2.45, 2.75) is 25.1 Å². The first-order valence-corrected chi connectivity index (χ1v) is 8.68. The van der Waals surface area contributed by atoms with E-state index in [0.717, 1.165) is 12.8 Å². The van der Waals surface area contributed by atoms with E-state index in [-0.39, 0.29) is 23.4 Å². The summed E-state index contributed by atoms with van der Waals surface area (Å²) in [7, 11) is 0. The van der Waals surface area contributed by atoms with Crippen LogP contribution in [0, 0.1) is 0 Å². The van der Waals surface area contributed by atoms with Crippen LogP contribution in [0.3, 0.4) is 0 Å². The van der Waals surface area contributed by atoms with Gasteiger partial charge in [0, 0.05) is 25.0 Å². The lowest BCUT2D eigenvalue weighted by molar-refractivity contribution is -0.154. The average molecular weight is 391 g/mol. The van der Waals surface area contributed by atoms with Crippen LogP contribution in [0.4, 0.5) is 13.2 Å². The largest absolute Gasteiger partial charge is 0.468 e. The summed E-state index contributed by atoms with van der Waals surface area (Å²) in [5.74, 6) is 0.236. The van der Waals surface area contributed by atoms with E-state index in [1.54, 1.807) is 4.90 Å². The average Bonchev–Trinajstić information content (AvgIpc) is 3.32. The molecule has 1 aliphatic rings. The predicted octanol–water partition coefficient (Wildman–Crippen LogP) is 3.04. The number of fused-ring (bicyclic) bond motifs is 1. The molecule has 28 heavy (non-hydrogen) atoms. The third-order valence-electron chi connectivity index (χ3n) is 4.52. The maximum absolute atomic E-state index is 12.9. The third kappa shape index (κ3) is 3.62. The lowest BCUT2D eigenvalue weighted by Gasteiger charge is -2.23. The van der Waals surface area contributed by atoms with Crippen molar-refractivity contribution in [3.05, 3.63) is 54.1 Å². The number of likely N-dealkylation sites (tertiary alicyclic amines) is 1. The zero-order chi connectivity index (χ0) is 19.7. The van der Waals surface area contributed by atoms with E-state index >= 15 is 0 Å². The van der Waals surface area contributed by atoms with Gasteiger partial charge < -0.3 is 9.64 Å². The van der Waals surface area contributed by atoms with Crippen molar-refractivity contribution in [2.75, 3.05) is 13.2 Å². The van der Waals surface area contributed by atoms with Gasteiger partial charge in [0.2, 0.25) is 5.88 Å². The number of ether oxygens (including phenoxy) is 1. The normalized spacial score (nSPS) is 17.2. The molecule has 0 N–H and O–H groups in total. The second-order valence-corrected chi connectivity index (χ2v) is 6.43. The lowest BCUT2D eigenvalue weighted by Crippen LogP contribution is -2.31. The molecule has 146 valence electrons. The molecule has 1 aliphatic heterocycles. The molecule has 1 fully saturated rings. The van der Waals surface area contributed by atoms with Crippen molar-refractivity contribution in [1.82, 2.24) is 24.5 Å². The zero-order valence-corrected chi connectivity index (χ0v) is 14.6. The summed E-state index contributed by atoms with van der Waals surface area (Å²) in [6.07, 6.45) is 0.200. The third-order valence-corrected chi connectivity index (χ3v) is 4.52. The predicted molar refractivity (Wildman–Crippen MR) is 91.8 cm³/mol. The highest BCUT2D eigenvalue weighted by Crippen LogP contribution is 2.32. The van der Waals surface area contributed by atoms with Crippen LogP contribution in [0.1, 0.15) is 35.1 Å². The summed E-state index contributed by atoms with van der Waals surface area (Å²) < 4.78 is 43.1. The van der Waals surface area contributed by atoms with Gasteiger partial charge in [-0.25, -0.2) is 4.98 Å². The molecular formula is C18H16F3N5O2. The highest BCUT2D eigenvalue weighted by molar-refractivity contribution is 5.94. The van der Waals surface area contributed by atoms with E-state index in [1.807, 2.05) is 28.8 Å². The second-order valence-electron chi connectivity index (χ2n) is 6.43. The van der Waals surface area contributed by atoms with Gasteiger partial charge in [-0.05, 0) is 31.0 Å². The fourth-order valence-corrected chi connectivity index (χ4v) is 3.28. The number of alkyl halides is 3. The lowest BCUT2D eigenvalue weighted by atomic mass is 10.2. The molecule has 0 aromatic carbocycles. The van der Waals surface area contributed by atoms with E-state index in [9.17, 15) is 18.0 Å². The van der Waals surface area contributed by atoms with Gasteiger partial charge in [-0.2, -0.15) is 13.2 Å². The molecule has 1 amide bonds. The molecule has 0 spiro atoms. The number of amides is 1. The van der Waals surface area contributed by atoms with Crippen molar-refractivity contribution in [3.8, 4) is 5.88 Å². The Bertz CT molecular complexity index is 987. The minimum Gasteiger partial charge on any atom is -0.468 e. The molecule has 7 nitrogen and oxygen atoms in total. The van der Waals surface area contributed by atoms with Crippen LogP contribution in [0.25, 0.3) is 5.65 Å². The number of carbonyl (C=O) groups is 1. The summed E-state index contributed by atoms with van der Waals surface area (Å²) in [6.45, 7) is -0.876. The molecule has 4 rings (SSSR count). The summed E-state index contributed by atoms with van der Waals surface area (Å²) in [5, 5.41) is 8.38. The Labute approximate surface area is 157 Å². The van der Waals surface area contributed by atoms with Crippen LogP contribution in [0.15, 0.2) is 42.7 Å². The molecule has 3 aromatic heterocycles. The first-order chi connectivity index (χ1) is 13.4. The smallest absolute Gasteiger partial charge is 0.422 e. The van der Waals surface area contributed by atoms with Crippen LogP contribution in [0.2, 0.25) is 0 Å². The molecule has 10 heteroatoms. The van der Waals surface area contributed by atoms with Crippen LogP contribution in [-0.2, 0) is 0 Å². The summed E-state index contributed by atoms with van der Waals surface area (Å²) in [6, 6.07) is 8.01. The molecule has 0 saturated carbocycles. The van der Waals surface area contributed by atoms with E-state index < -0.39 is 12.8 Å². The molecule has 3 aromatic rings. The molecule has 0 radical (unpaired) electrons. The van der Waals surface area contributed by atoms with Crippen molar-refractivity contribution < 1.29 is 22.7 Å². The zero-order valence-electron chi connectivity index (χ0n) is 14.6. The minimum atomic E-state index is -4.44. The van der Waals surface area contributed by atoms with Crippen molar-refractivity contribution in [3.63, 3.8) is 0 Å². The van der Waals surface area contributed by atoms with E-state index in [4.69, 9.17) is 0 Å². The number of halogens is 3. The standard InChI is InChI=1S/C18H16F3N5O2/c19-18(20,21)11-28-15-7-6-12(10-22-15)17(27)25-9-3-4-13(25)16-24-23-14-5-1-2-8-26(14)16/h1-2,5-8,10,13H,3-4,9,11H2/t13-/m0/s1. The van der Waals surface area contributed by atoms with Gasteiger partial charge in [0.25, 0.3) is 5.91 Å². The summed E-state index contributed by atoms with van der Waals surface area (Å²) in [4.78, 5) is 18.4. The monoisotopic (exact) mass is 391 g/mol. The molecule has 4 heterocycles. The van der Waals surface area contributed by atoms with Crippen molar-refractivity contribution >= 4 is 11.6 Å². The maximum atomic E-state index is 12.9. The summed E-state index contributed by atoms with van der Waals surface area (Å²) >= 11 is 0. The van der Waals surface area contributed by atoms with Crippen molar-refractivity contribution in [1.29, 1.82) is 0 Å². The van der Waals surface area contributed by atoms with Crippen LogP contribution >= 0.6 is 0 Å². The van der Waals surface area contributed by atoms with Crippen molar-refractivity contribution in [2.24, 2.45) is 0 Å². The van der Waals surface area contributed by atoms with Gasteiger partial charge in [-0.1, -0.05) is 6.07 Å². The van der Waals surface area contributed by atoms with Crippen LogP contribution in [-0.4, -0.2) is 49.7 Å². The fraction of sp³-hybridized carbons (Fsp3) is 0.333. The SMILES string of the molecule is O=C(c1ccc(OCC(F)(F)F)nc1)N1CCC[C@H]1c1nnc2ccccn12. The Kier molecular flexibility index (Phi) is 4.62. The highest BCUT2D eigenvalue weighted by atomic mass is 19.4. The molecule has 1 saturated heterocycles. The van der Waals surface area contributed by atoms with Gasteiger partial charge in [-0.15, -0.1) is 10.2 Å². The quantitative estimate of drug-likeness (QED) is 0.684. The van der Waals surface area contributed by atoms with Gasteiger partial charge in [0.05, 0.1) is 11.6 Å². The number of hydrogen-bond donors (Lipinski definition) is 0. The number of rotatable bonds is 4. The molecule has 0 aliphatic carbocycles. The Morgan fingerprint density at radius 2 is 2.07 bits per heavy atom. The van der Waals surface area contributed by atoms with E-state index in [1.165, 1.54) is 18.3 Å². The number of nitrogens with zero attached hydrogens (tertiary/aromatic N) is 5. The first-order valence-electron chi connectivity index (χ1n) is 8.68. The number of pyridine rings is 2. The molecular weight excluding hydrogens is 375 g/mol. The molecule has 1 atom stereocenters. The Balaban J connectivity index is 1.52. The van der Waals surface area contributed by atoms with Gasteiger partial charge >= 0.3 is 6.18 Å². The van der Waals surface area contributed by atoms with E-state index in [0.29, 0.717) is 18.0 Å². The topological polar surface area (TPSA) is 72.6 Å². The minimum absolute atomic E-state index is 0.185. The number of hydrogen-bond acceptors (Lipinski definition) is 5. The fourth-order valence-electron chi connectivity index (χ4n) is 3.28. The maximum Gasteiger partial charge on any atom is 0.422 e. The Morgan fingerprint density at radius 3 is 2.82 bits per heavy atom. The second kappa shape index (κ2) is 7.10.